The van der Waals surface area contributed by atoms with E-state index in [-0.39, 0.29) is 50.6 Å². The summed E-state index contributed by atoms with van der Waals surface area (Å²) in [4.78, 5) is 51.5. The number of hydrogen-bond acceptors (Lipinski definition) is 10. The van der Waals surface area contributed by atoms with Crippen LogP contribution >= 0.6 is 0 Å². The summed E-state index contributed by atoms with van der Waals surface area (Å²) in [5, 5.41) is 0.680. The van der Waals surface area contributed by atoms with Crippen molar-refractivity contribution < 1.29 is 51.2 Å². The highest BCUT2D eigenvalue weighted by molar-refractivity contribution is 7.87. The predicted molar refractivity (Wildman–Crippen MR) is 115 cm³/mol. The van der Waals surface area contributed by atoms with Crippen LogP contribution in [0.25, 0.3) is 0 Å². The van der Waals surface area contributed by atoms with E-state index >= 15 is 0 Å². The molecule has 1 aliphatic heterocycles. The molecule has 0 bridgehead atoms. The summed E-state index contributed by atoms with van der Waals surface area (Å²) in [6.45, 7) is 0.739. The molecular weight excluding hydrogens is 476 g/mol. The fraction of sp³-hybridized carbons (Fsp3) is 0.700. The molecule has 34 heavy (non-hydrogen) atoms. The van der Waals surface area contributed by atoms with Gasteiger partial charge in [-0.2, -0.15) is 8.42 Å². The lowest BCUT2D eigenvalue weighted by Crippen LogP contribution is -2.36. The number of nitrogens with zero attached hydrogens (tertiary/aromatic N) is 1. The molecule has 0 aromatic heterocycles. The zero-order valence-corrected chi connectivity index (χ0v) is 19.5. The molecule has 2 aliphatic rings. The van der Waals surface area contributed by atoms with Gasteiger partial charge in [-0.25, -0.2) is 9.59 Å². The number of hydroxylamine groups is 2. The Morgan fingerprint density at radius 3 is 2.47 bits per heavy atom. The molecule has 1 fully saturated rings. The van der Waals surface area contributed by atoms with Crippen LogP contribution in [-0.2, 0) is 43.5 Å². The van der Waals surface area contributed by atoms with Crippen molar-refractivity contribution in [3.8, 4) is 0 Å². The molecule has 0 radical (unpaired) electrons. The number of rotatable bonds is 12. The minimum Gasteiger partial charge on any atom is -0.446 e. The van der Waals surface area contributed by atoms with Crippen LogP contribution in [0.5, 0.6) is 0 Å². The Morgan fingerprint density at radius 1 is 1.06 bits per heavy atom. The van der Waals surface area contributed by atoms with Crippen LogP contribution < -0.4 is 5.32 Å². The van der Waals surface area contributed by atoms with E-state index in [1.807, 2.05) is 0 Å². The maximum Gasteiger partial charge on any atom is 0.407 e. The second kappa shape index (κ2) is 14.0. The van der Waals surface area contributed by atoms with Crippen molar-refractivity contribution in [2.24, 2.45) is 0 Å². The number of alkyl carbamates (subject to hydrolysis) is 1. The van der Waals surface area contributed by atoms with E-state index < -0.39 is 45.7 Å². The molecule has 192 valence electrons. The molecule has 2 rings (SSSR count). The summed E-state index contributed by atoms with van der Waals surface area (Å²) in [5.74, 6) is -3.36. The quantitative estimate of drug-likeness (QED) is 0.163. The number of amides is 3. The maximum atomic E-state index is 11.8. The molecule has 0 spiro atoms. The van der Waals surface area contributed by atoms with Crippen molar-refractivity contribution >= 4 is 34.0 Å². The van der Waals surface area contributed by atoms with Crippen LogP contribution in [-0.4, -0.2) is 86.2 Å². The number of nitrogens with one attached hydrogen (secondary N) is 1. The van der Waals surface area contributed by atoms with E-state index in [4.69, 9.17) is 18.8 Å². The standard InChI is InChI=1S/C20H30N2O11S/c23-17-14-16(34(27,28)29)19(25)22(17)33-18(24)8-10-30-12-13-31-11-9-21-20(26)32-15-6-4-2-1-3-5-7-15/h1-2,15-16H,3-14H2,(H,21,26)(H,27,28,29)/b2-1-. The molecule has 3 amide bonds. The largest absolute Gasteiger partial charge is 0.446 e. The molecule has 2 unspecified atom stereocenters. The van der Waals surface area contributed by atoms with Gasteiger partial charge in [-0.05, 0) is 32.1 Å². The predicted octanol–water partition coefficient (Wildman–Crippen LogP) is 0.498. The van der Waals surface area contributed by atoms with E-state index in [1.165, 1.54) is 0 Å². The molecule has 0 aromatic carbocycles. The highest BCUT2D eigenvalue weighted by atomic mass is 32.2. The Bertz CT molecular complexity index is 859. The minimum atomic E-state index is -4.78. The van der Waals surface area contributed by atoms with Gasteiger partial charge < -0.3 is 24.4 Å². The molecule has 0 saturated carbocycles. The number of imide groups is 1. The van der Waals surface area contributed by atoms with Crippen LogP contribution in [0.2, 0.25) is 0 Å². The molecule has 0 aromatic rings. The highest BCUT2D eigenvalue weighted by Gasteiger charge is 2.48. The van der Waals surface area contributed by atoms with Gasteiger partial charge in [0, 0.05) is 6.54 Å². The first-order valence-electron chi connectivity index (χ1n) is 11.0. The zero-order valence-electron chi connectivity index (χ0n) is 18.7. The second-order valence-corrected chi connectivity index (χ2v) is 9.20. The number of hydrogen-bond donors (Lipinski definition) is 2. The van der Waals surface area contributed by atoms with Gasteiger partial charge >= 0.3 is 12.1 Å². The first kappa shape index (κ1) is 27.7. The van der Waals surface area contributed by atoms with Crippen molar-refractivity contribution in [2.45, 2.75) is 56.3 Å². The van der Waals surface area contributed by atoms with Crippen LogP contribution in [0, 0.1) is 0 Å². The van der Waals surface area contributed by atoms with E-state index in [0.29, 0.717) is 0 Å². The van der Waals surface area contributed by atoms with Gasteiger partial charge in [0.25, 0.3) is 21.9 Å². The zero-order chi connectivity index (χ0) is 25.0. The van der Waals surface area contributed by atoms with Crippen LogP contribution in [0.4, 0.5) is 4.79 Å². The van der Waals surface area contributed by atoms with Gasteiger partial charge in [-0.3, -0.25) is 14.1 Å². The van der Waals surface area contributed by atoms with Gasteiger partial charge in [0.15, 0.2) is 5.25 Å². The summed E-state index contributed by atoms with van der Waals surface area (Å²) < 4.78 is 46.9. The van der Waals surface area contributed by atoms with E-state index in [1.54, 1.807) is 0 Å². The topological polar surface area (TPSA) is 175 Å². The molecule has 14 heteroatoms. The van der Waals surface area contributed by atoms with Gasteiger partial charge in [0.1, 0.15) is 6.10 Å². The third-order valence-electron chi connectivity index (χ3n) is 4.95. The molecular formula is C20H30N2O11S. The summed E-state index contributed by atoms with van der Waals surface area (Å²) >= 11 is 0. The van der Waals surface area contributed by atoms with Gasteiger partial charge in [0.05, 0.1) is 39.3 Å². The van der Waals surface area contributed by atoms with Gasteiger partial charge in [-0.1, -0.05) is 12.2 Å². The average Bonchev–Trinajstić information content (AvgIpc) is 3.03. The first-order valence-corrected chi connectivity index (χ1v) is 12.5. The Kier molecular flexibility index (Phi) is 11.4. The van der Waals surface area contributed by atoms with E-state index in [2.05, 4.69) is 22.3 Å². The average molecular weight is 507 g/mol. The molecule has 1 saturated heterocycles. The van der Waals surface area contributed by atoms with E-state index in [9.17, 15) is 27.6 Å². The Balaban J connectivity index is 1.47. The van der Waals surface area contributed by atoms with Crippen molar-refractivity contribution in [2.75, 3.05) is 33.0 Å². The smallest absolute Gasteiger partial charge is 0.407 e. The monoisotopic (exact) mass is 506 g/mol. The highest BCUT2D eigenvalue weighted by Crippen LogP contribution is 2.20. The lowest BCUT2D eigenvalue weighted by molar-refractivity contribution is -0.198. The number of carbonyl (C=O) groups is 4. The lowest BCUT2D eigenvalue weighted by atomic mass is 10.0. The summed E-state index contributed by atoms with van der Waals surface area (Å²) in [5.41, 5.74) is 0. The molecule has 2 N–H and O–H groups in total. The third kappa shape index (κ3) is 9.75. The minimum absolute atomic E-state index is 0.0379. The maximum absolute atomic E-state index is 11.8. The molecule has 13 nitrogen and oxygen atoms in total. The number of ether oxygens (including phenoxy) is 3. The molecule has 1 heterocycles. The van der Waals surface area contributed by atoms with Gasteiger partial charge in [-0.15, -0.1) is 5.06 Å². The Hall–Kier alpha value is -2.55. The van der Waals surface area contributed by atoms with Crippen LogP contribution in [0.15, 0.2) is 12.2 Å². The van der Waals surface area contributed by atoms with Gasteiger partial charge in [0.2, 0.25) is 0 Å². The van der Waals surface area contributed by atoms with Crippen LogP contribution in [0.1, 0.15) is 44.9 Å². The lowest BCUT2D eigenvalue weighted by Gasteiger charge is -2.18. The number of carbonyl (C=O) groups excluding carboxylic acids is 4. The summed E-state index contributed by atoms with van der Waals surface area (Å²) in [7, 11) is -4.78. The molecule has 2 atom stereocenters. The SMILES string of the molecule is O=C(CCOCCOCCNC(=O)OC1CC/C=C\CCC1)ON1C(=O)CC(S(=O)(=O)O)C1=O. The van der Waals surface area contributed by atoms with Crippen molar-refractivity contribution in [1.29, 1.82) is 0 Å². The molecule has 1 aliphatic carbocycles. The number of allylic oxidation sites excluding steroid dienone is 2. The van der Waals surface area contributed by atoms with E-state index in [0.717, 1.165) is 32.1 Å². The fourth-order valence-electron chi connectivity index (χ4n) is 3.20. The Morgan fingerprint density at radius 2 is 1.76 bits per heavy atom. The second-order valence-electron chi connectivity index (χ2n) is 7.61. The third-order valence-corrected chi connectivity index (χ3v) is 6.03. The fourth-order valence-corrected chi connectivity index (χ4v) is 3.90. The Labute approximate surface area is 197 Å². The normalized spacial score (nSPS) is 22.1. The van der Waals surface area contributed by atoms with Crippen molar-refractivity contribution in [3.63, 3.8) is 0 Å². The first-order chi connectivity index (χ1) is 16.2. The summed E-state index contributed by atoms with van der Waals surface area (Å²) in [6.07, 6.45) is 7.09. The van der Waals surface area contributed by atoms with Crippen molar-refractivity contribution in [3.05, 3.63) is 12.2 Å². The van der Waals surface area contributed by atoms with Crippen molar-refractivity contribution in [1.82, 2.24) is 10.4 Å². The summed E-state index contributed by atoms with van der Waals surface area (Å²) in [6, 6.07) is 0. The van der Waals surface area contributed by atoms with Crippen LogP contribution in [0.3, 0.4) is 0 Å².